The average Bonchev–Trinajstić information content (AvgIpc) is 2.93. The van der Waals surface area contributed by atoms with Gasteiger partial charge in [0.2, 0.25) is 0 Å². The van der Waals surface area contributed by atoms with Gasteiger partial charge in [-0.2, -0.15) is 0 Å². The van der Waals surface area contributed by atoms with Gasteiger partial charge >= 0.3 is 0 Å². The topological polar surface area (TPSA) is 40.7 Å². The molecule has 3 nitrogen and oxygen atoms in total. The molecule has 2 aromatic heterocycles. The van der Waals surface area contributed by atoms with Crippen molar-refractivity contribution >= 4 is 27.6 Å². The fraction of sp³-hybridized carbons (Fsp3) is 0.0556. The third kappa shape index (κ3) is 2.13. The van der Waals surface area contributed by atoms with E-state index in [1.54, 1.807) is 0 Å². The van der Waals surface area contributed by atoms with Gasteiger partial charge in [-0.05, 0) is 17.7 Å². The van der Waals surface area contributed by atoms with E-state index in [-0.39, 0.29) is 0 Å². The summed E-state index contributed by atoms with van der Waals surface area (Å²) in [6.07, 6.45) is 1.86. The summed E-state index contributed by atoms with van der Waals surface area (Å²) in [5.74, 6) is 0.896. The number of rotatable bonds is 3. The smallest absolute Gasteiger partial charge is 0.150 e. The number of hydrogen-bond donors (Lipinski definition) is 2. The van der Waals surface area contributed by atoms with E-state index in [0.717, 1.165) is 23.4 Å². The van der Waals surface area contributed by atoms with Gasteiger partial charge in [0.1, 0.15) is 0 Å². The zero-order chi connectivity index (χ0) is 14.1. The Bertz CT molecular complexity index is 894. The quantitative estimate of drug-likeness (QED) is 0.583. The highest BCUT2D eigenvalue weighted by Crippen LogP contribution is 2.28. The lowest BCUT2D eigenvalue weighted by Crippen LogP contribution is -2.01. The van der Waals surface area contributed by atoms with E-state index in [0.29, 0.717) is 0 Å². The molecule has 2 aromatic carbocycles. The van der Waals surface area contributed by atoms with Crippen LogP contribution in [0.5, 0.6) is 0 Å². The highest BCUT2D eigenvalue weighted by molar-refractivity contribution is 6.10. The summed E-state index contributed by atoms with van der Waals surface area (Å²) in [5, 5.41) is 5.86. The van der Waals surface area contributed by atoms with Crippen molar-refractivity contribution in [3.05, 3.63) is 72.4 Å². The Labute approximate surface area is 122 Å². The fourth-order valence-electron chi connectivity index (χ4n) is 2.69. The molecule has 4 rings (SSSR count). The first kappa shape index (κ1) is 12.0. The number of aromatic amines is 1. The number of H-pyrrole nitrogens is 1. The first-order valence-electron chi connectivity index (χ1n) is 7.05. The normalized spacial score (nSPS) is 11.0. The van der Waals surface area contributed by atoms with Gasteiger partial charge in [-0.25, -0.2) is 4.98 Å². The highest BCUT2D eigenvalue weighted by Gasteiger charge is 2.08. The Morgan fingerprint density at radius 3 is 2.57 bits per heavy atom. The Morgan fingerprint density at radius 2 is 1.67 bits per heavy atom. The van der Waals surface area contributed by atoms with E-state index in [9.17, 15) is 0 Å². The summed E-state index contributed by atoms with van der Waals surface area (Å²) in [6.45, 7) is 0.766. The third-order valence-electron chi connectivity index (χ3n) is 3.73. The van der Waals surface area contributed by atoms with E-state index in [1.807, 2.05) is 30.5 Å². The standard InChI is InChI=1S/C18H15N3/c1-2-6-13(7-3-1)12-20-18-17-15(10-11-19-18)14-8-4-5-9-16(14)21-17/h1-11,21H,12H2,(H,19,20). The van der Waals surface area contributed by atoms with Crippen LogP contribution in [0.15, 0.2) is 66.9 Å². The zero-order valence-electron chi connectivity index (χ0n) is 11.5. The van der Waals surface area contributed by atoms with Gasteiger partial charge < -0.3 is 10.3 Å². The molecule has 102 valence electrons. The summed E-state index contributed by atoms with van der Waals surface area (Å²) in [5.41, 5.74) is 3.45. The molecule has 3 heteroatoms. The second-order valence-electron chi connectivity index (χ2n) is 5.09. The van der Waals surface area contributed by atoms with Crippen LogP contribution >= 0.6 is 0 Å². The van der Waals surface area contributed by atoms with Crippen LogP contribution < -0.4 is 5.32 Å². The lowest BCUT2D eigenvalue weighted by Gasteiger charge is -2.06. The van der Waals surface area contributed by atoms with Crippen molar-refractivity contribution in [2.45, 2.75) is 6.54 Å². The monoisotopic (exact) mass is 273 g/mol. The van der Waals surface area contributed by atoms with Crippen molar-refractivity contribution in [2.75, 3.05) is 5.32 Å². The Kier molecular flexibility index (Phi) is 2.82. The van der Waals surface area contributed by atoms with E-state index in [1.165, 1.54) is 16.3 Å². The van der Waals surface area contributed by atoms with Crippen LogP contribution in [0, 0.1) is 0 Å². The number of fused-ring (bicyclic) bond motifs is 3. The molecule has 0 atom stereocenters. The lowest BCUT2D eigenvalue weighted by atomic mass is 10.2. The molecule has 0 radical (unpaired) electrons. The van der Waals surface area contributed by atoms with Crippen molar-refractivity contribution < 1.29 is 0 Å². The Morgan fingerprint density at radius 1 is 0.857 bits per heavy atom. The zero-order valence-corrected chi connectivity index (χ0v) is 11.5. The summed E-state index contributed by atoms with van der Waals surface area (Å²) in [7, 11) is 0. The third-order valence-corrected chi connectivity index (χ3v) is 3.73. The predicted octanol–water partition coefficient (Wildman–Crippen LogP) is 4.33. The van der Waals surface area contributed by atoms with Crippen molar-refractivity contribution in [3.63, 3.8) is 0 Å². The van der Waals surface area contributed by atoms with Crippen molar-refractivity contribution in [1.82, 2.24) is 9.97 Å². The molecular weight excluding hydrogens is 258 g/mol. The van der Waals surface area contributed by atoms with E-state index in [2.05, 4.69) is 51.7 Å². The summed E-state index contributed by atoms with van der Waals surface area (Å²) < 4.78 is 0. The molecule has 0 aliphatic heterocycles. The summed E-state index contributed by atoms with van der Waals surface area (Å²) in [6, 6.07) is 20.7. The largest absolute Gasteiger partial charge is 0.364 e. The van der Waals surface area contributed by atoms with Gasteiger partial charge in [-0.3, -0.25) is 0 Å². The molecule has 0 aliphatic rings. The molecule has 0 spiro atoms. The molecule has 4 aromatic rings. The first-order chi connectivity index (χ1) is 10.4. The van der Waals surface area contributed by atoms with Gasteiger partial charge in [0.25, 0.3) is 0 Å². The molecule has 0 unspecified atom stereocenters. The molecule has 0 fully saturated rings. The van der Waals surface area contributed by atoms with Crippen LogP contribution in [-0.2, 0) is 6.54 Å². The van der Waals surface area contributed by atoms with Crippen LogP contribution in [0.2, 0.25) is 0 Å². The molecule has 0 bridgehead atoms. The van der Waals surface area contributed by atoms with Gasteiger partial charge in [-0.15, -0.1) is 0 Å². The maximum Gasteiger partial charge on any atom is 0.150 e. The van der Waals surface area contributed by atoms with Crippen LogP contribution in [0.25, 0.3) is 21.8 Å². The summed E-state index contributed by atoms with van der Waals surface area (Å²) >= 11 is 0. The van der Waals surface area contributed by atoms with E-state index >= 15 is 0 Å². The van der Waals surface area contributed by atoms with Gasteiger partial charge in [0, 0.05) is 29.0 Å². The lowest BCUT2D eigenvalue weighted by molar-refractivity contribution is 1.12. The minimum atomic E-state index is 0.766. The van der Waals surface area contributed by atoms with E-state index < -0.39 is 0 Å². The maximum atomic E-state index is 4.47. The van der Waals surface area contributed by atoms with Crippen LogP contribution in [0.1, 0.15) is 5.56 Å². The number of pyridine rings is 1. The first-order valence-corrected chi connectivity index (χ1v) is 7.05. The van der Waals surface area contributed by atoms with Gasteiger partial charge in [0.15, 0.2) is 5.82 Å². The predicted molar refractivity (Wildman–Crippen MR) is 87.4 cm³/mol. The SMILES string of the molecule is c1ccc(CNc2nccc3c2[nH]c2ccccc23)cc1. The van der Waals surface area contributed by atoms with Crippen LogP contribution in [-0.4, -0.2) is 9.97 Å². The van der Waals surface area contributed by atoms with Gasteiger partial charge in [-0.1, -0.05) is 48.5 Å². The Hall–Kier alpha value is -2.81. The van der Waals surface area contributed by atoms with Crippen LogP contribution in [0.4, 0.5) is 5.82 Å². The number of hydrogen-bond acceptors (Lipinski definition) is 2. The molecule has 21 heavy (non-hydrogen) atoms. The van der Waals surface area contributed by atoms with Crippen molar-refractivity contribution in [3.8, 4) is 0 Å². The minimum Gasteiger partial charge on any atom is -0.364 e. The molecule has 2 N–H and O–H groups in total. The number of para-hydroxylation sites is 1. The van der Waals surface area contributed by atoms with Crippen LogP contribution in [0.3, 0.4) is 0 Å². The van der Waals surface area contributed by atoms with E-state index in [4.69, 9.17) is 0 Å². The maximum absolute atomic E-state index is 4.47. The van der Waals surface area contributed by atoms with Crippen molar-refractivity contribution in [1.29, 1.82) is 0 Å². The minimum absolute atomic E-state index is 0.766. The Balaban J connectivity index is 1.75. The number of anilines is 1. The average molecular weight is 273 g/mol. The highest BCUT2D eigenvalue weighted by atomic mass is 15.0. The van der Waals surface area contributed by atoms with Gasteiger partial charge in [0.05, 0.1) is 5.52 Å². The second-order valence-corrected chi connectivity index (χ2v) is 5.09. The number of aromatic nitrogens is 2. The molecule has 0 saturated heterocycles. The molecule has 0 amide bonds. The number of benzene rings is 2. The molecular formula is C18H15N3. The molecule has 0 aliphatic carbocycles. The molecule has 2 heterocycles. The van der Waals surface area contributed by atoms with Crippen molar-refractivity contribution in [2.24, 2.45) is 0 Å². The second kappa shape index (κ2) is 4.94. The molecule has 0 saturated carbocycles. The number of nitrogens with one attached hydrogen (secondary N) is 2. The number of nitrogens with zero attached hydrogens (tertiary/aromatic N) is 1. The summed E-state index contributed by atoms with van der Waals surface area (Å²) in [4.78, 5) is 7.93. The fourth-order valence-corrected chi connectivity index (χ4v) is 2.69.